The Hall–Kier alpha value is -1.59. The van der Waals surface area contributed by atoms with E-state index in [4.69, 9.17) is 21.8 Å². The Balaban J connectivity index is 3.10. The first-order valence-electron chi connectivity index (χ1n) is 4.69. The van der Waals surface area contributed by atoms with E-state index in [0.717, 1.165) is 7.11 Å². The second kappa shape index (κ2) is 5.16. The fraction of sp³-hybridized carbons (Fsp3) is 0.273. The van der Waals surface area contributed by atoms with Crippen LogP contribution in [0.25, 0.3) is 0 Å². The molecule has 0 aromatic heterocycles. The lowest BCUT2D eigenvalue weighted by Gasteiger charge is -2.23. The molecule has 0 aliphatic carbocycles. The monoisotopic (exact) mass is 258 g/mol. The van der Waals surface area contributed by atoms with Crippen LogP contribution in [0.3, 0.4) is 0 Å². The molecule has 0 atom stereocenters. The first-order valence-corrected chi connectivity index (χ1v) is 5.06. The number of halogens is 1. The highest BCUT2D eigenvalue weighted by Crippen LogP contribution is 2.21. The van der Waals surface area contributed by atoms with Crippen LogP contribution in [0.1, 0.15) is 5.56 Å². The predicted octanol–water partition coefficient (Wildman–Crippen LogP) is 1.44. The minimum absolute atomic E-state index is 0.297. The van der Waals surface area contributed by atoms with Gasteiger partial charge >= 0.3 is 11.9 Å². The van der Waals surface area contributed by atoms with E-state index in [-0.39, 0.29) is 6.42 Å². The van der Waals surface area contributed by atoms with Crippen LogP contribution in [0.2, 0.25) is 5.02 Å². The van der Waals surface area contributed by atoms with Crippen molar-refractivity contribution in [3.8, 4) is 0 Å². The van der Waals surface area contributed by atoms with Crippen molar-refractivity contribution >= 4 is 23.5 Å². The van der Waals surface area contributed by atoms with Crippen LogP contribution < -0.4 is 0 Å². The van der Waals surface area contributed by atoms with Crippen LogP contribution in [0, 0.1) is 0 Å². The molecule has 0 amide bonds. The molecule has 1 rings (SSSR count). The van der Waals surface area contributed by atoms with Gasteiger partial charge in [-0.3, -0.25) is 0 Å². The summed E-state index contributed by atoms with van der Waals surface area (Å²) >= 11 is 5.74. The number of hydrogen-bond donors (Lipinski definition) is 2. The third-order valence-corrected chi connectivity index (χ3v) is 2.62. The summed E-state index contributed by atoms with van der Waals surface area (Å²) < 4.78 is 4.66. The Morgan fingerprint density at radius 1 is 1.35 bits per heavy atom. The molecule has 2 N–H and O–H groups in total. The van der Waals surface area contributed by atoms with Crippen LogP contribution in [0.15, 0.2) is 24.3 Å². The summed E-state index contributed by atoms with van der Waals surface area (Å²) in [6.45, 7) is 0. The molecule has 0 spiro atoms. The first kappa shape index (κ1) is 13.5. The zero-order chi connectivity index (χ0) is 13.1. The average Bonchev–Trinajstić information content (AvgIpc) is 2.25. The highest BCUT2D eigenvalue weighted by molar-refractivity contribution is 6.30. The molecule has 0 fully saturated rings. The van der Waals surface area contributed by atoms with Gasteiger partial charge in [-0.05, 0) is 17.7 Å². The number of aliphatic carboxylic acids is 2. The molecule has 0 radical (unpaired) electrons. The molecule has 0 bridgehead atoms. The van der Waals surface area contributed by atoms with Crippen molar-refractivity contribution in [1.29, 1.82) is 0 Å². The highest BCUT2D eigenvalue weighted by Gasteiger charge is 2.47. The maximum absolute atomic E-state index is 11.0. The third-order valence-electron chi connectivity index (χ3n) is 2.38. The summed E-state index contributed by atoms with van der Waals surface area (Å²) in [4.78, 5) is 22.1. The normalized spacial score (nSPS) is 11.2. The van der Waals surface area contributed by atoms with E-state index in [1.165, 1.54) is 6.07 Å². The second-order valence-electron chi connectivity index (χ2n) is 3.45. The zero-order valence-electron chi connectivity index (χ0n) is 9.01. The van der Waals surface area contributed by atoms with Gasteiger partial charge in [-0.1, -0.05) is 23.7 Å². The second-order valence-corrected chi connectivity index (χ2v) is 3.88. The molecule has 17 heavy (non-hydrogen) atoms. The van der Waals surface area contributed by atoms with Crippen molar-refractivity contribution < 1.29 is 24.5 Å². The first-order chi connectivity index (χ1) is 7.92. The Labute approximate surface area is 103 Å². The predicted molar refractivity (Wildman–Crippen MR) is 60.2 cm³/mol. The van der Waals surface area contributed by atoms with Gasteiger partial charge in [0.05, 0.1) is 0 Å². The van der Waals surface area contributed by atoms with Gasteiger partial charge < -0.3 is 14.9 Å². The molecular formula is C11H11ClO5. The Kier molecular flexibility index (Phi) is 4.09. The molecule has 0 saturated carbocycles. The highest BCUT2D eigenvalue weighted by atomic mass is 35.5. The van der Waals surface area contributed by atoms with E-state index in [9.17, 15) is 9.59 Å². The SMILES string of the molecule is COC(Cc1cccc(Cl)c1)(C(=O)O)C(=O)O. The maximum atomic E-state index is 11.0. The number of ether oxygens (including phenoxy) is 1. The molecular weight excluding hydrogens is 248 g/mol. The van der Waals surface area contributed by atoms with Gasteiger partial charge in [-0.15, -0.1) is 0 Å². The number of carboxylic acid groups (broad SMARTS) is 2. The number of methoxy groups -OCH3 is 1. The van der Waals surface area contributed by atoms with E-state index in [1.807, 2.05) is 0 Å². The molecule has 0 aliphatic rings. The fourth-order valence-electron chi connectivity index (χ4n) is 1.42. The summed E-state index contributed by atoms with van der Waals surface area (Å²) in [5, 5.41) is 18.4. The Morgan fingerprint density at radius 3 is 2.35 bits per heavy atom. The van der Waals surface area contributed by atoms with E-state index in [1.54, 1.807) is 18.2 Å². The van der Waals surface area contributed by atoms with Crippen LogP contribution in [-0.2, 0) is 20.7 Å². The van der Waals surface area contributed by atoms with E-state index in [0.29, 0.717) is 10.6 Å². The van der Waals surface area contributed by atoms with E-state index >= 15 is 0 Å². The van der Waals surface area contributed by atoms with Crippen LogP contribution >= 0.6 is 11.6 Å². The smallest absolute Gasteiger partial charge is 0.348 e. The summed E-state index contributed by atoms with van der Waals surface area (Å²) in [5.41, 5.74) is -1.81. The molecule has 0 unspecified atom stereocenters. The van der Waals surface area contributed by atoms with Crippen LogP contribution in [0.5, 0.6) is 0 Å². The lowest BCUT2D eigenvalue weighted by Crippen LogP contribution is -2.50. The quantitative estimate of drug-likeness (QED) is 0.781. The van der Waals surface area contributed by atoms with Crippen molar-refractivity contribution in [2.75, 3.05) is 7.11 Å². The molecule has 92 valence electrons. The van der Waals surface area contributed by atoms with E-state index < -0.39 is 17.5 Å². The minimum atomic E-state index is -2.29. The number of rotatable bonds is 5. The largest absolute Gasteiger partial charge is 0.479 e. The summed E-state index contributed by atoms with van der Waals surface area (Å²) in [7, 11) is 1.05. The zero-order valence-corrected chi connectivity index (χ0v) is 9.77. The molecule has 1 aromatic rings. The van der Waals surface area contributed by atoms with Crippen molar-refractivity contribution in [3.63, 3.8) is 0 Å². The number of hydrogen-bond acceptors (Lipinski definition) is 3. The van der Waals surface area contributed by atoms with E-state index in [2.05, 4.69) is 4.74 Å². The van der Waals surface area contributed by atoms with Gasteiger partial charge in [0, 0.05) is 18.6 Å². The van der Waals surface area contributed by atoms with Gasteiger partial charge in [-0.25, -0.2) is 9.59 Å². The number of carbonyl (C=O) groups is 2. The topological polar surface area (TPSA) is 83.8 Å². The lowest BCUT2D eigenvalue weighted by molar-refractivity contribution is -0.179. The molecule has 5 nitrogen and oxygen atoms in total. The number of carboxylic acids is 2. The third kappa shape index (κ3) is 2.75. The number of benzene rings is 1. The molecule has 0 aliphatic heterocycles. The fourth-order valence-corrected chi connectivity index (χ4v) is 1.64. The van der Waals surface area contributed by atoms with Gasteiger partial charge in [0.25, 0.3) is 5.60 Å². The van der Waals surface area contributed by atoms with Gasteiger partial charge in [-0.2, -0.15) is 0 Å². The Morgan fingerprint density at radius 2 is 1.94 bits per heavy atom. The standard InChI is InChI=1S/C11H11ClO5/c1-17-11(9(13)14,10(15)16)6-7-3-2-4-8(12)5-7/h2-5H,6H2,1H3,(H,13,14)(H,15,16). The summed E-state index contributed by atoms with van der Waals surface area (Å²) in [5.74, 6) is -3.10. The van der Waals surface area contributed by atoms with Crippen molar-refractivity contribution in [1.82, 2.24) is 0 Å². The van der Waals surface area contributed by atoms with Crippen molar-refractivity contribution in [2.45, 2.75) is 12.0 Å². The van der Waals surface area contributed by atoms with Gasteiger partial charge in [0.2, 0.25) is 0 Å². The van der Waals surface area contributed by atoms with Gasteiger partial charge in [0.1, 0.15) is 0 Å². The maximum Gasteiger partial charge on any atom is 0.348 e. The average molecular weight is 259 g/mol. The van der Waals surface area contributed by atoms with Gasteiger partial charge in [0.15, 0.2) is 0 Å². The summed E-state index contributed by atoms with van der Waals surface area (Å²) in [6.07, 6.45) is -0.297. The Bertz CT molecular complexity index is 429. The van der Waals surface area contributed by atoms with Crippen LogP contribution in [-0.4, -0.2) is 34.9 Å². The summed E-state index contributed by atoms with van der Waals surface area (Å²) in [6, 6.07) is 6.32. The molecule has 0 saturated heterocycles. The van der Waals surface area contributed by atoms with Crippen molar-refractivity contribution in [2.24, 2.45) is 0 Å². The molecule has 6 heteroatoms. The molecule has 1 aromatic carbocycles. The lowest BCUT2D eigenvalue weighted by atomic mass is 9.94. The minimum Gasteiger partial charge on any atom is -0.479 e. The molecule has 0 heterocycles. The van der Waals surface area contributed by atoms with Crippen LogP contribution in [0.4, 0.5) is 0 Å². The van der Waals surface area contributed by atoms with Crippen molar-refractivity contribution in [3.05, 3.63) is 34.9 Å².